The van der Waals surface area contributed by atoms with Crippen LogP contribution in [0.25, 0.3) is 10.2 Å². The molecule has 0 radical (unpaired) electrons. The Morgan fingerprint density at radius 3 is 2.44 bits per heavy atom. The maximum atomic E-state index is 12.4. The number of fused-ring (bicyclic) bond motifs is 1. The third kappa shape index (κ3) is 5.53. The van der Waals surface area contributed by atoms with E-state index >= 15 is 0 Å². The summed E-state index contributed by atoms with van der Waals surface area (Å²) in [6.45, 7) is 9.03. The number of nitrogens with zero attached hydrogens (tertiary/aromatic N) is 3. The summed E-state index contributed by atoms with van der Waals surface area (Å²) < 4.78 is 17.6. The molecule has 1 fully saturated rings. The number of hydrogen-bond acceptors (Lipinski definition) is 8. The number of rotatable bonds is 9. The monoisotopic (exact) mass is 484 g/mol. The molecule has 8 nitrogen and oxygen atoms in total. The van der Waals surface area contributed by atoms with E-state index in [4.69, 9.17) is 19.2 Å². The number of carbonyl (C=O) groups excluding carboxylic acids is 1. The second kappa shape index (κ2) is 10.9. The summed E-state index contributed by atoms with van der Waals surface area (Å²) in [6.07, 6.45) is 0.112. The van der Waals surface area contributed by atoms with Crippen molar-refractivity contribution < 1.29 is 19.0 Å². The fraction of sp³-hybridized carbons (Fsp3) is 0.440. The van der Waals surface area contributed by atoms with Crippen LogP contribution in [0.4, 0.5) is 5.13 Å². The molecular weight excluding hydrogens is 452 g/mol. The van der Waals surface area contributed by atoms with Crippen molar-refractivity contribution in [3.63, 3.8) is 0 Å². The third-order valence-electron chi connectivity index (χ3n) is 5.74. The van der Waals surface area contributed by atoms with Gasteiger partial charge >= 0.3 is 0 Å². The van der Waals surface area contributed by atoms with Gasteiger partial charge in [-0.2, -0.15) is 0 Å². The lowest BCUT2D eigenvalue weighted by atomic mass is 10.2. The Hall–Kier alpha value is -3.04. The molecule has 0 saturated carbocycles. The number of aromatic nitrogens is 1. The number of nitrogens with one attached hydrogen (secondary N) is 1. The predicted molar refractivity (Wildman–Crippen MR) is 136 cm³/mol. The highest BCUT2D eigenvalue weighted by atomic mass is 32.1. The van der Waals surface area contributed by atoms with Crippen molar-refractivity contribution in [1.29, 1.82) is 0 Å². The first-order valence-electron chi connectivity index (χ1n) is 11.5. The van der Waals surface area contributed by atoms with Crippen LogP contribution >= 0.6 is 11.3 Å². The largest absolute Gasteiger partial charge is 0.493 e. The highest BCUT2D eigenvalue weighted by Gasteiger charge is 2.22. The van der Waals surface area contributed by atoms with Gasteiger partial charge in [0, 0.05) is 44.8 Å². The fourth-order valence-electron chi connectivity index (χ4n) is 3.98. The van der Waals surface area contributed by atoms with Crippen LogP contribution in [0.3, 0.4) is 0 Å². The number of thiazole rings is 1. The number of piperazine rings is 1. The highest BCUT2D eigenvalue weighted by molar-refractivity contribution is 7.22. The summed E-state index contributed by atoms with van der Waals surface area (Å²) in [7, 11) is 3.28. The molecule has 2 heterocycles. The molecule has 1 saturated heterocycles. The van der Waals surface area contributed by atoms with Gasteiger partial charge in [0.05, 0.1) is 25.0 Å². The van der Waals surface area contributed by atoms with Crippen LogP contribution < -0.4 is 24.4 Å². The molecule has 3 aromatic rings. The lowest BCUT2D eigenvalue weighted by Crippen LogP contribution is -2.48. The zero-order chi connectivity index (χ0) is 24.1. The van der Waals surface area contributed by atoms with Crippen molar-refractivity contribution in [3.8, 4) is 17.2 Å². The maximum absolute atomic E-state index is 12.4. The molecule has 4 rings (SSSR count). The van der Waals surface area contributed by atoms with Gasteiger partial charge in [0.1, 0.15) is 11.3 Å². The summed E-state index contributed by atoms with van der Waals surface area (Å²) >= 11 is 1.67. The Labute approximate surface area is 204 Å². The minimum Gasteiger partial charge on any atom is -0.493 e. The van der Waals surface area contributed by atoms with Crippen LogP contribution in [0.5, 0.6) is 17.2 Å². The van der Waals surface area contributed by atoms with Crippen molar-refractivity contribution in [2.45, 2.75) is 20.0 Å². The second-order valence-electron chi connectivity index (χ2n) is 8.42. The van der Waals surface area contributed by atoms with Crippen LogP contribution in [0, 0.1) is 0 Å². The Bertz CT molecular complexity index is 1110. The van der Waals surface area contributed by atoms with Gasteiger partial charge in [-0.3, -0.25) is 9.69 Å². The van der Waals surface area contributed by atoms with Gasteiger partial charge in [-0.25, -0.2) is 4.98 Å². The minimum atomic E-state index is -0.0615. The SMILES string of the molecule is COc1ccc2sc(N3CCN(CCNC(=O)c4ccc(OC(C)C)cc4)CC3)nc2c1OC. The molecule has 1 aliphatic rings. The van der Waals surface area contributed by atoms with E-state index in [1.807, 2.05) is 38.1 Å². The van der Waals surface area contributed by atoms with Gasteiger partial charge < -0.3 is 24.4 Å². The molecule has 0 atom stereocenters. The van der Waals surface area contributed by atoms with E-state index in [2.05, 4.69) is 15.1 Å². The number of benzene rings is 2. The Morgan fingerprint density at radius 1 is 1.06 bits per heavy atom. The first kappa shape index (κ1) is 24.1. The predicted octanol–water partition coefficient (Wildman–Crippen LogP) is 3.65. The quantitative estimate of drug-likeness (QED) is 0.497. The lowest BCUT2D eigenvalue weighted by molar-refractivity contribution is 0.0947. The molecule has 0 unspecified atom stereocenters. The Morgan fingerprint density at radius 2 is 1.79 bits per heavy atom. The molecular formula is C25H32N4O4S. The molecule has 2 aromatic carbocycles. The molecule has 0 bridgehead atoms. The van der Waals surface area contributed by atoms with Crippen molar-refractivity contribution in [2.24, 2.45) is 0 Å². The standard InChI is InChI=1S/C25H32N4O4S/c1-17(2)33-19-7-5-18(6-8-19)24(30)26-11-12-28-13-15-29(16-14-28)25-27-22-21(34-25)10-9-20(31-3)23(22)32-4/h5-10,17H,11-16H2,1-4H3,(H,26,30). The molecule has 9 heteroatoms. The smallest absolute Gasteiger partial charge is 0.251 e. The molecule has 1 aliphatic heterocycles. The van der Waals surface area contributed by atoms with Gasteiger partial charge in [-0.1, -0.05) is 11.3 Å². The van der Waals surface area contributed by atoms with E-state index in [9.17, 15) is 4.79 Å². The first-order chi connectivity index (χ1) is 16.5. The van der Waals surface area contributed by atoms with Gasteiger partial charge in [-0.15, -0.1) is 0 Å². The minimum absolute atomic E-state index is 0.0615. The fourth-order valence-corrected chi connectivity index (χ4v) is 5.00. The average Bonchev–Trinajstić information content (AvgIpc) is 3.28. The number of methoxy groups -OCH3 is 2. The van der Waals surface area contributed by atoms with Gasteiger partial charge in [0.2, 0.25) is 0 Å². The zero-order valence-electron chi connectivity index (χ0n) is 20.2. The molecule has 1 N–H and O–H groups in total. The topological polar surface area (TPSA) is 76.2 Å². The highest BCUT2D eigenvalue weighted by Crippen LogP contribution is 2.40. The Kier molecular flexibility index (Phi) is 7.74. The van der Waals surface area contributed by atoms with Gasteiger partial charge in [-0.05, 0) is 50.2 Å². The normalized spacial score (nSPS) is 14.4. The number of ether oxygens (including phenoxy) is 3. The average molecular weight is 485 g/mol. The maximum Gasteiger partial charge on any atom is 0.251 e. The van der Waals surface area contributed by atoms with Crippen molar-refractivity contribution in [1.82, 2.24) is 15.2 Å². The van der Waals surface area contributed by atoms with Crippen molar-refractivity contribution >= 4 is 32.6 Å². The first-order valence-corrected chi connectivity index (χ1v) is 12.3. The van der Waals surface area contributed by atoms with E-state index < -0.39 is 0 Å². The second-order valence-corrected chi connectivity index (χ2v) is 9.43. The molecule has 34 heavy (non-hydrogen) atoms. The van der Waals surface area contributed by atoms with Gasteiger partial charge in [0.15, 0.2) is 16.6 Å². The van der Waals surface area contributed by atoms with Crippen molar-refractivity contribution in [3.05, 3.63) is 42.0 Å². The molecule has 182 valence electrons. The van der Waals surface area contributed by atoms with E-state index in [1.54, 1.807) is 37.7 Å². The van der Waals surface area contributed by atoms with Crippen LogP contribution in [-0.2, 0) is 0 Å². The van der Waals surface area contributed by atoms with E-state index in [-0.39, 0.29) is 12.0 Å². The number of amides is 1. The summed E-state index contributed by atoms with van der Waals surface area (Å²) in [5.41, 5.74) is 1.49. The number of carbonyl (C=O) groups is 1. The lowest BCUT2D eigenvalue weighted by Gasteiger charge is -2.34. The summed E-state index contributed by atoms with van der Waals surface area (Å²) in [6, 6.07) is 11.2. The molecule has 0 aliphatic carbocycles. The van der Waals surface area contributed by atoms with Crippen LogP contribution in [0.1, 0.15) is 24.2 Å². The summed E-state index contributed by atoms with van der Waals surface area (Å²) in [5.74, 6) is 2.08. The van der Waals surface area contributed by atoms with Crippen molar-refractivity contribution in [2.75, 3.05) is 58.4 Å². The van der Waals surface area contributed by atoms with Crippen LogP contribution in [-0.4, -0.2) is 75.4 Å². The summed E-state index contributed by atoms with van der Waals surface area (Å²) in [5, 5.41) is 4.02. The van der Waals surface area contributed by atoms with E-state index in [0.717, 1.165) is 53.8 Å². The molecule has 1 amide bonds. The van der Waals surface area contributed by atoms with E-state index in [1.165, 1.54) is 0 Å². The number of hydrogen-bond donors (Lipinski definition) is 1. The third-order valence-corrected chi connectivity index (χ3v) is 6.82. The van der Waals surface area contributed by atoms with E-state index in [0.29, 0.717) is 23.6 Å². The Balaban J connectivity index is 1.25. The van der Waals surface area contributed by atoms with Crippen LogP contribution in [0.2, 0.25) is 0 Å². The molecule has 1 aromatic heterocycles. The summed E-state index contributed by atoms with van der Waals surface area (Å²) in [4.78, 5) is 22.0. The zero-order valence-corrected chi connectivity index (χ0v) is 21.0. The molecule has 0 spiro atoms. The van der Waals surface area contributed by atoms with Crippen LogP contribution in [0.15, 0.2) is 36.4 Å². The number of anilines is 1. The van der Waals surface area contributed by atoms with Gasteiger partial charge in [0.25, 0.3) is 5.91 Å².